The van der Waals surface area contributed by atoms with Crippen molar-refractivity contribution < 1.29 is 4.79 Å². The van der Waals surface area contributed by atoms with Crippen LogP contribution in [-0.2, 0) is 4.79 Å². The van der Waals surface area contributed by atoms with E-state index in [1.807, 2.05) is 11.9 Å². The molecule has 0 saturated heterocycles. The summed E-state index contributed by atoms with van der Waals surface area (Å²) < 4.78 is 0. The van der Waals surface area contributed by atoms with Crippen molar-refractivity contribution in [1.29, 1.82) is 0 Å². The van der Waals surface area contributed by atoms with E-state index in [0.29, 0.717) is 5.91 Å². The Bertz CT molecular complexity index is 261. The number of carbonyl (C=O) groups excluding carboxylic acids is 1. The first-order valence-corrected chi connectivity index (χ1v) is 7.17. The first-order valence-electron chi connectivity index (χ1n) is 7.17. The minimum Gasteiger partial charge on any atom is -0.345 e. The third-order valence-corrected chi connectivity index (χ3v) is 4.46. The molecule has 3 nitrogen and oxygen atoms in total. The van der Waals surface area contributed by atoms with Gasteiger partial charge in [0, 0.05) is 25.6 Å². The summed E-state index contributed by atoms with van der Waals surface area (Å²) >= 11 is 0. The van der Waals surface area contributed by atoms with Crippen molar-refractivity contribution in [3.05, 3.63) is 0 Å². The maximum Gasteiger partial charge on any atom is 0.225 e. The van der Waals surface area contributed by atoms with E-state index in [2.05, 4.69) is 0 Å². The SMILES string of the molecule is CN(CC1CCCCC1)C(=O)C1CCC(N)C1. The fourth-order valence-corrected chi connectivity index (χ4v) is 3.40. The van der Waals surface area contributed by atoms with Gasteiger partial charge >= 0.3 is 0 Å². The molecule has 2 atom stereocenters. The highest BCUT2D eigenvalue weighted by atomic mass is 16.2. The largest absolute Gasteiger partial charge is 0.345 e. The van der Waals surface area contributed by atoms with Crippen LogP contribution < -0.4 is 5.73 Å². The van der Waals surface area contributed by atoms with Crippen molar-refractivity contribution >= 4 is 5.91 Å². The van der Waals surface area contributed by atoms with E-state index in [9.17, 15) is 4.79 Å². The van der Waals surface area contributed by atoms with E-state index in [1.165, 1.54) is 32.1 Å². The molecule has 2 saturated carbocycles. The molecule has 2 N–H and O–H groups in total. The lowest BCUT2D eigenvalue weighted by atomic mass is 9.89. The monoisotopic (exact) mass is 238 g/mol. The summed E-state index contributed by atoms with van der Waals surface area (Å²) in [7, 11) is 1.97. The lowest BCUT2D eigenvalue weighted by molar-refractivity contribution is -0.134. The van der Waals surface area contributed by atoms with Crippen LogP contribution in [0, 0.1) is 11.8 Å². The lowest BCUT2D eigenvalue weighted by Crippen LogP contribution is -2.36. The van der Waals surface area contributed by atoms with Gasteiger partial charge in [0.15, 0.2) is 0 Å². The quantitative estimate of drug-likeness (QED) is 0.819. The summed E-state index contributed by atoms with van der Waals surface area (Å²) in [6.07, 6.45) is 9.60. The van der Waals surface area contributed by atoms with E-state index in [0.717, 1.165) is 31.7 Å². The Morgan fingerprint density at radius 1 is 1.18 bits per heavy atom. The van der Waals surface area contributed by atoms with Crippen molar-refractivity contribution in [1.82, 2.24) is 4.90 Å². The summed E-state index contributed by atoms with van der Waals surface area (Å²) in [4.78, 5) is 14.2. The molecule has 2 aliphatic rings. The van der Waals surface area contributed by atoms with Crippen LogP contribution in [0.1, 0.15) is 51.4 Å². The Morgan fingerprint density at radius 2 is 1.88 bits per heavy atom. The van der Waals surface area contributed by atoms with Crippen LogP contribution in [0.5, 0.6) is 0 Å². The molecule has 2 aliphatic carbocycles. The lowest BCUT2D eigenvalue weighted by Gasteiger charge is -2.28. The molecule has 2 rings (SSSR count). The molecule has 2 unspecified atom stereocenters. The predicted molar refractivity (Wildman–Crippen MR) is 69.5 cm³/mol. The highest BCUT2D eigenvalue weighted by molar-refractivity contribution is 5.78. The molecule has 17 heavy (non-hydrogen) atoms. The smallest absolute Gasteiger partial charge is 0.225 e. The van der Waals surface area contributed by atoms with Gasteiger partial charge < -0.3 is 10.6 Å². The number of hydrogen-bond donors (Lipinski definition) is 1. The van der Waals surface area contributed by atoms with Gasteiger partial charge in [0.2, 0.25) is 5.91 Å². The van der Waals surface area contributed by atoms with Gasteiger partial charge in [-0.05, 0) is 38.0 Å². The van der Waals surface area contributed by atoms with Crippen molar-refractivity contribution in [2.45, 2.75) is 57.4 Å². The van der Waals surface area contributed by atoms with Crippen molar-refractivity contribution in [3.63, 3.8) is 0 Å². The van der Waals surface area contributed by atoms with E-state index < -0.39 is 0 Å². The number of amides is 1. The first kappa shape index (κ1) is 12.9. The standard InChI is InChI=1S/C14H26N2O/c1-16(10-11-5-3-2-4-6-11)14(17)12-7-8-13(15)9-12/h11-13H,2-10,15H2,1H3. The van der Waals surface area contributed by atoms with Gasteiger partial charge in [0.25, 0.3) is 0 Å². The highest BCUT2D eigenvalue weighted by Crippen LogP contribution is 2.28. The van der Waals surface area contributed by atoms with Crippen LogP contribution in [0.3, 0.4) is 0 Å². The second-order valence-corrected chi connectivity index (χ2v) is 5.99. The Kier molecular flexibility index (Phi) is 4.43. The van der Waals surface area contributed by atoms with E-state index in [-0.39, 0.29) is 12.0 Å². The zero-order chi connectivity index (χ0) is 12.3. The van der Waals surface area contributed by atoms with E-state index in [1.54, 1.807) is 0 Å². The average molecular weight is 238 g/mol. The van der Waals surface area contributed by atoms with E-state index in [4.69, 9.17) is 5.73 Å². The second kappa shape index (κ2) is 5.85. The Labute approximate surface area is 105 Å². The molecule has 0 heterocycles. The molecule has 0 aromatic heterocycles. The second-order valence-electron chi connectivity index (χ2n) is 5.99. The van der Waals surface area contributed by atoms with Crippen LogP contribution >= 0.6 is 0 Å². The molecule has 0 radical (unpaired) electrons. The molecular formula is C14H26N2O. The molecule has 0 aromatic carbocycles. The van der Waals surface area contributed by atoms with Crippen LogP contribution in [0.4, 0.5) is 0 Å². The van der Waals surface area contributed by atoms with Crippen LogP contribution in [0.2, 0.25) is 0 Å². The van der Waals surface area contributed by atoms with Crippen LogP contribution in [-0.4, -0.2) is 30.4 Å². The van der Waals surface area contributed by atoms with Gasteiger partial charge in [-0.2, -0.15) is 0 Å². The molecular weight excluding hydrogens is 212 g/mol. The Morgan fingerprint density at radius 3 is 2.47 bits per heavy atom. The average Bonchev–Trinajstić information content (AvgIpc) is 2.76. The molecule has 0 aliphatic heterocycles. The minimum absolute atomic E-state index is 0.207. The van der Waals surface area contributed by atoms with E-state index >= 15 is 0 Å². The molecule has 98 valence electrons. The first-order chi connectivity index (χ1) is 8.16. The summed E-state index contributed by atoms with van der Waals surface area (Å²) in [5.74, 6) is 1.29. The molecule has 1 amide bonds. The maximum atomic E-state index is 12.2. The molecule has 0 aromatic rings. The fourth-order valence-electron chi connectivity index (χ4n) is 3.40. The fraction of sp³-hybridized carbons (Fsp3) is 0.929. The number of nitrogens with two attached hydrogens (primary N) is 1. The number of rotatable bonds is 3. The van der Waals surface area contributed by atoms with Crippen molar-refractivity contribution in [2.24, 2.45) is 17.6 Å². The molecule has 2 fully saturated rings. The van der Waals surface area contributed by atoms with Crippen molar-refractivity contribution in [2.75, 3.05) is 13.6 Å². The van der Waals surface area contributed by atoms with Gasteiger partial charge in [0.1, 0.15) is 0 Å². The normalized spacial score (nSPS) is 30.5. The zero-order valence-electron chi connectivity index (χ0n) is 11.0. The summed E-state index contributed by atoms with van der Waals surface area (Å²) in [6, 6.07) is 0.257. The zero-order valence-corrected chi connectivity index (χ0v) is 11.0. The topological polar surface area (TPSA) is 46.3 Å². The van der Waals surface area contributed by atoms with Gasteiger partial charge in [-0.1, -0.05) is 19.3 Å². The summed E-state index contributed by atoms with van der Waals surface area (Å²) in [6.45, 7) is 0.963. The molecule has 3 heteroatoms. The third kappa shape index (κ3) is 3.44. The summed E-state index contributed by atoms with van der Waals surface area (Å²) in [5.41, 5.74) is 5.88. The van der Waals surface area contributed by atoms with Crippen LogP contribution in [0.15, 0.2) is 0 Å². The molecule has 0 spiro atoms. The maximum absolute atomic E-state index is 12.2. The number of carbonyl (C=O) groups is 1. The number of hydrogen-bond acceptors (Lipinski definition) is 2. The minimum atomic E-state index is 0.207. The van der Waals surface area contributed by atoms with Gasteiger partial charge in [-0.15, -0.1) is 0 Å². The van der Waals surface area contributed by atoms with Crippen molar-refractivity contribution in [3.8, 4) is 0 Å². The number of nitrogens with zero attached hydrogens (tertiary/aromatic N) is 1. The Hall–Kier alpha value is -0.570. The van der Waals surface area contributed by atoms with Gasteiger partial charge in [-0.25, -0.2) is 0 Å². The Balaban J connectivity index is 1.78. The summed E-state index contributed by atoms with van der Waals surface area (Å²) in [5, 5.41) is 0. The van der Waals surface area contributed by atoms with Gasteiger partial charge in [0.05, 0.1) is 0 Å². The van der Waals surface area contributed by atoms with Crippen LogP contribution in [0.25, 0.3) is 0 Å². The highest BCUT2D eigenvalue weighted by Gasteiger charge is 2.30. The predicted octanol–water partition coefficient (Wildman–Crippen LogP) is 2.15. The van der Waals surface area contributed by atoms with Gasteiger partial charge in [-0.3, -0.25) is 4.79 Å². The molecule has 0 bridgehead atoms. The third-order valence-electron chi connectivity index (χ3n) is 4.46.